The lowest BCUT2D eigenvalue weighted by Gasteiger charge is -2.09. The average molecular weight is 336 g/mol. The Morgan fingerprint density at radius 1 is 1.04 bits per heavy atom. The molecule has 0 saturated heterocycles. The molecule has 0 saturated carbocycles. The largest absolute Gasteiger partial charge is 0.493 e. The van der Waals surface area contributed by atoms with Gasteiger partial charge in [0, 0.05) is 12.0 Å². The number of ether oxygens (including phenoxy) is 3. The number of carboxylic acids is 1. The fourth-order valence-corrected chi connectivity index (χ4v) is 1.92. The summed E-state index contributed by atoms with van der Waals surface area (Å²) in [4.78, 5) is 33.9. The Kier molecular flexibility index (Phi) is 7.48. The summed E-state index contributed by atoms with van der Waals surface area (Å²) in [5.41, 5.74) is 0.629. The molecule has 0 aliphatic rings. The van der Waals surface area contributed by atoms with Crippen molar-refractivity contribution < 1.29 is 33.7 Å². The second-order valence-electron chi connectivity index (χ2n) is 4.97. The van der Waals surface area contributed by atoms with Gasteiger partial charge >= 0.3 is 17.9 Å². The van der Waals surface area contributed by atoms with E-state index >= 15 is 0 Å². The van der Waals surface area contributed by atoms with Crippen LogP contribution in [0.1, 0.15) is 24.8 Å². The number of esters is 2. The standard InChI is InChI=1S/C17H20O7/c1-11(17(20)21)5-4-6-15(18)24-16(19)10-12-7-8-13(22-2)14(9-12)23-3/h7-9H,1,4-6,10H2,2-3H3,(H,20,21). The summed E-state index contributed by atoms with van der Waals surface area (Å²) in [5, 5.41) is 8.65. The van der Waals surface area contributed by atoms with Gasteiger partial charge in [-0.1, -0.05) is 12.6 Å². The van der Waals surface area contributed by atoms with E-state index in [2.05, 4.69) is 6.58 Å². The third-order valence-corrected chi connectivity index (χ3v) is 3.19. The normalized spacial score (nSPS) is 9.92. The molecule has 1 rings (SSSR count). The number of methoxy groups -OCH3 is 2. The van der Waals surface area contributed by atoms with E-state index < -0.39 is 17.9 Å². The Balaban J connectivity index is 2.47. The van der Waals surface area contributed by atoms with Gasteiger partial charge in [0.05, 0.1) is 20.6 Å². The van der Waals surface area contributed by atoms with Crippen molar-refractivity contribution in [3.05, 3.63) is 35.9 Å². The zero-order chi connectivity index (χ0) is 18.1. The lowest BCUT2D eigenvalue weighted by Crippen LogP contribution is -2.14. The highest BCUT2D eigenvalue weighted by Gasteiger charge is 2.14. The van der Waals surface area contributed by atoms with E-state index in [0.29, 0.717) is 17.1 Å². The lowest BCUT2D eigenvalue weighted by molar-refractivity contribution is -0.159. The van der Waals surface area contributed by atoms with Crippen LogP contribution in [0, 0.1) is 0 Å². The van der Waals surface area contributed by atoms with Crippen LogP contribution in [0.2, 0.25) is 0 Å². The summed E-state index contributed by atoms with van der Waals surface area (Å²) in [5.74, 6) is -1.48. The van der Waals surface area contributed by atoms with Crippen molar-refractivity contribution in [3.8, 4) is 11.5 Å². The van der Waals surface area contributed by atoms with Gasteiger partial charge < -0.3 is 19.3 Å². The Labute approximate surface area is 139 Å². The second-order valence-corrected chi connectivity index (χ2v) is 4.97. The lowest BCUT2D eigenvalue weighted by atomic mass is 10.1. The molecule has 0 bridgehead atoms. The molecule has 0 unspecified atom stereocenters. The highest BCUT2D eigenvalue weighted by molar-refractivity contribution is 5.87. The Hall–Kier alpha value is -2.83. The fraction of sp³-hybridized carbons (Fsp3) is 0.353. The van der Waals surface area contributed by atoms with E-state index in [-0.39, 0.29) is 31.3 Å². The third kappa shape index (κ3) is 6.12. The van der Waals surface area contributed by atoms with Gasteiger partial charge in [-0.05, 0) is 30.5 Å². The van der Waals surface area contributed by atoms with Gasteiger partial charge in [-0.15, -0.1) is 0 Å². The Morgan fingerprint density at radius 3 is 2.29 bits per heavy atom. The van der Waals surface area contributed by atoms with Crippen LogP contribution in [-0.2, 0) is 25.5 Å². The first-order chi connectivity index (χ1) is 11.4. The van der Waals surface area contributed by atoms with E-state index in [4.69, 9.17) is 19.3 Å². The van der Waals surface area contributed by atoms with Crippen LogP contribution >= 0.6 is 0 Å². The molecule has 0 aliphatic heterocycles. The number of benzene rings is 1. The van der Waals surface area contributed by atoms with E-state index in [0.717, 1.165) is 0 Å². The van der Waals surface area contributed by atoms with Gasteiger partial charge in [0.1, 0.15) is 0 Å². The molecule has 7 heteroatoms. The molecular formula is C17H20O7. The highest BCUT2D eigenvalue weighted by atomic mass is 16.6. The zero-order valence-corrected chi connectivity index (χ0v) is 13.7. The summed E-state index contributed by atoms with van der Waals surface area (Å²) in [7, 11) is 2.98. The highest BCUT2D eigenvalue weighted by Crippen LogP contribution is 2.27. The minimum Gasteiger partial charge on any atom is -0.493 e. The van der Waals surface area contributed by atoms with Gasteiger partial charge in [-0.25, -0.2) is 4.79 Å². The minimum atomic E-state index is -1.10. The van der Waals surface area contributed by atoms with Crippen molar-refractivity contribution in [3.63, 3.8) is 0 Å². The summed E-state index contributed by atoms with van der Waals surface area (Å²) >= 11 is 0. The van der Waals surface area contributed by atoms with Crippen LogP contribution in [0.4, 0.5) is 0 Å². The van der Waals surface area contributed by atoms with Crippen molar-refractivity contribution in [2.45, 2.75) is 25.7 Å². The molecule has 0 spiro atoms. The van der Waals surface area contributed by atoms with Gasteiger partial charge in [0.15, 0.2) is 11.5 Å². The first-order valence-corrected chi connectivity index (χ1v) is 7.22. The fourth-order valence-electron chi connectivity index (χ4n) is 1.92. The Morgan fingerprint density at radius 2 is 1.71 bits per heavy atom. The number of aliphatic carboxylic acids is 1. The maximum atomic E-state index is 11.8. The van der Waals surface area contributed by atoms with Crippen LogP contribution in [0.3, 0.4) is 0 Å². The monoisotopic (exact) mass is 336 g/mol. The quantitative estimate of drug-likeness (QED) is 0.419. The molecule has 0 heterocycles. The SMILES string of the molecule is C=C(CCCC(=O)OC(=O)Cc1ccc(OC)c(OC)c1)C(=O)O. The van der Waals surface area contributed by atoms with Crippen LogP contribution in [0.15, 0.2) is 30.4 Å². The van der Waals surface area contributed by atoms with Crippen LogP contribution in [0.25, 0.3) is 0 Å². The number of carbonyl (C=O) groups excluding carboxylic acids is 2. The topological polar surface area (TPSA) is 99.1 Å². The molecule has 0 atom stereocenters. The molecule has 0 aliphatic carbocycles. The predicted octanol–water partition coefficient (Wildman–Crippen LogP) is 2.13. The molecule has 0 radical (unpaired) electrons. The molecular weight excluding hydrogens is 316 g/mol. The van der Waals surface area contributed by atoms with Gasteiger partial charge in [-0.2, -0.15) is 0 Å². The van der Waals surface area contributed by atoms with Crippen molar-refractivity contribution in [2.24, 2.45) is 0 Å². The number of carboxylic acid groups (broad SMARTS) is 1. The number of hydrogen-bond acceptors (Lipinski definition) is 6. The summed E-state index contributed by atoms with van der Waals surface area (Å²) < 4.78 is 14.9. The number of hydrogen-bond donors (Lipinski definition) is 1. The molecule has 1 aromatic carbocycles. The maximum absolute atomic E-state index is 11.8. The summed E-state index contributed by atoms with van der Waals surface area (Å²) in [6.45, 7) is 3.36. The molecule has 0 aromatic heterocycles. The molecule has 0 amide bonds. The second kappa shape index (κ2) is 9.34. The van der Waals surface area contributed by atoms with Crippen LogP contribution < -0.4 is 9.47 Å². The smallest absolute Gasteiger partial charge is 0.330 e. The van der Waals surface area contributed by atoms with Crippen molar-refractivity contribution in [1.82, 2.24) is 0 Å². The Bertz CT molecular complexity index is 634. The third-order valence-electron chi connectivity index (χ3n) is 3.19. The van der Waals surface area contributed by atoms with Crippen molar-refractivity contribution in [1.29, 1.82) is 0 Å². The molecule has 1 aromatic rings. The van der Waals surface area contributed by atoms with E-state index in [1.807, 2.05) is 0 Å². The summed E-state index contributed by atoms with van der Waals surface area (Å²) in [6, 6.07) is 4.95. The predicted molar refractivity (Wildman–Crippen MR) is 85.0 cm³/mol. The van der Waals surface area contributed by atoms with Gasteiger partial charge in [0.2, 0.25) is 0 Å². The van der Waals surface area contributed by atoms with Gasteiger partial charge in [0.25, 0.3) is 0 Å². The number of rotatable bonds is 9. The van der Waals surface area contributed by atoms with Crippen LogP contribution in [-0.4, -0.2) is 37.2 Å². The molecule has 1 N–H and O–H groups in total. The zero-order valence-electron chi connectivity index (χ0n) is 13.7. The van der Waals surface area contributed by atoms with E-state index in [1.165, 1.54) is 14.2 Å². The maximum Gasteiger partial charge on any atom is 0.330 e. The first-order valence-electron chi connectivity index (χ1n) is 7.22. The number of carbonyl (C=O) groups is 3. The summed E-state index contributed by atoms with van der Waals surface area (Å²) in [6.07, 6.45) is 0.278. The molecule has 7 nitrogen and oxygen atoms in total. The first kappa shape index (κ1) is 19.2. The van der Waals surface area contributed by atoms with Crippen molar-refractivity contribution in [2.75, 3.05) is 14.2 Å². The minimum absolute atomic E-state index is 0.0134. The van der Waals surface area contributed by atoms with Gasteiger partial charge in [-0.3, -0.25) is 9.59 Å². The van der Waals surface area contributed by atoms with E-state index in [9.17, 15) is 14.4 Å². The van der Waals surface area contributed by atoms with Crippen molar-refractivity contribution >= 4 is 17.9 Å². The van der Waals surface area contributed by atoms with Crippen LogP contribution in [0.5, 0.6) is 11.5 Å². The molecule has 130 valence electrons. The average Bonchev–Trinajstić information content (AvgIpc) is 2.54. The molecule has 24 heavy (non-hydrogen) atoms. The molecule has 0 fully saturated rings. The van der Waals surface area contributed by atoms with E-state index in [1.54, 1.807) is 18.2 Å².